The first kappa shape index (κ1) is 17.0. The van der Waals surface area contributed by atoms with E-state index in [0.717, 1.165) is 24.9 Å². The van der Waals surface area contributed by atoms with Crippen molar-refractivity contribution in [3.8, 4) is 11.5 Å². The highest BCUT2D eigenvalue weighted by atomic mass is 127. The number of methoxy groups -OCH3 is 2. The molecule has 0 aliphatic carbocycles. The van der Waals surface area contributed by atoms with Gasteiger partial charge in [0.05, 0.1) is 23.5 Å². The fourth-order valence-electron chi connectivity index (χ4n) is 1.96. The highest BCUT2D eigenvalue weighted by molar-refractivity contribution is 14.1. The molecule has 1 atom stereocenters. The van der Waals surface area contributed by atoms with Crippen LogP contribution in [-0.2, 0) is 0 Å². The molecule has 0 aliphatic heterocycles. The van der Waals surface area contributed by atoms with Gasteiger partial charge in [0.1, 0.15) is 17.3 Å². The minimum atomic E-state index is -0.247. The van der Waals surface area contributed by atoms with Crippen LogP contribution in [0.3, 0.4) is 0 Å². The Morgan fingerprint density at radius 2 is 1.71 bits per heavy atom. The van der Waals surface area contributed by atoms with Gasteiger partial charge >= 0.3 is 0 Å². The summed E-state index contributed by atoms with van der Waals surface area (Å²) in [5.74, 6) is 1.19. The van der Waals surface area contributed by atoms with Gasteiger partial charge in [0.15, 0.2) is 0 Å². The predicted octanol–water partition coefficient (Wildman–Crippen LogP) is 5.69. The monoisotopic (exact) mass is 528 g/mol. The van der Waals surface area contributed by atoms with Crippen molar-refractivity contribution in [1.82, 2.24) is 0 Å². The Morgan fingerprint density at radius 3 is 2.29 bits per heavy atom. The summed E-state index contributed by atoms with van der Waals surface area (Å²) >= 11 is 9.24. The molecule has 0 N–H and O–H groups in total. The molecule has 0 fully saturated rings. The van der Waals surface area contributed by atoms with Gasteiger partial charge in [-0.1, -0.05) is 22.0 Å². The molecule has 0 bridgehead atoms. The van der Waals surface area contributed by atoms with Crippen molar-refractivity contribution in [2.75, 3.05) is 14.2 Å². The molecule has 21 heavy (non-hydrogen) atoms. The first-order chi connectivity index (χ1) is 9.97. The average Bonchev–Trinajstić information content (AvgIpc) is 2.46. The van der Waals surface area contributed by atoms with Crippen LogP contribution in [0.5, 0.6) is 11.5 Å². The maximum Gasteiger partial charge on any atom is 0.133 e. The molecule has 1 unspecified atom stereocenters. The van der Waals surface area contributed by atoms with Crippen LogP contribution in [0.1, 0.15) is 16.0 Å². The summed E-state index contributed by atoms with van der Waals surface area (Å²) in [6.45, 7) is 0. The maximum absolute atomic E-state index is 13.3. The van der Waals surface area contributed by atoms with Gasteiger partial charge in [-0.05, 0) is 68.3 Å². The fourth-order valence-corrected chi connectivity index (χ4v) is 4.41. The number of rotatable bonds is 4. The summed E-state index contributed by atoms with van der Waals surface area (Å²) in [6, 6.07) is 8.49. The lowest BCUT2D eigenvalue weighted by molar-refractivity contribution is 0.397. The van der Waals surface area contributed by atoms with E-state index in [9.17, 15) is 4.39 Å². The lowest BCUT2D eigenvalue weighted by Gasteiger charge is -2.18. The molecular formula is C15H12Br2FIO2. The van der Waals surface area contributed by atoms with Gasteiger partial charge in [0, 0.05) is 9.13 Å². The zero-order valence-corrected chi connectivity index (χ0v) is 16.6. The van der Waals surface area contributed by atoms with Crippen LogP contribution in [0.25, 0.3) is 0 Å². The lowest BCUT2D eigenvalue weighted by atomic mass is 10.0. The van der Waals surface area contributed by atoms with Crippen molar-refractivity contribution in [2.45, 2.75) is 4.83 Å². The third kappa shape index (κ3) is 3.71. The van der Waals surface area contributed by atoms with E-state index in [2.05, 4.69) is 54.5 Å². The molecule has 0 heterocycles. The molecule has 0 spiro atoms. The van der Waals surface area contributed by atoms with E-state index in [1.165, 1.54) is 12.1 Å². The van der Waals surface area contributed by atoms with E-state index in [1.807, 2.05) is 12.1 Å². The average molecular weight is 530 g/mol. The molecule has 0 saturated heterocycles. The van der Waals surface area contributed by atoms with Gasteiger partial charge in [-0.2, -0.15) is 0 Å². The van der Waals surface area contributed by atoms with Crippen molar-refractivity contribution in [3.63, 3.8) is 0 Å². The summed E-state index contributed by atoms with van der Waals surface area (Å²) in [5.41, 5.74) is 1.89. The highest BCUT2D eigenvalue weighted by Gasteiger charge is 2.20. The second kappa shape index (κ2) is 7.28. The third-order valence-electron chi connectivity index (χ3n) is 3.01. The third-order valence-corrected chi connectivity index (χ3v) is 5.55. The smallest absolute Gasteiger partial charge is 0.133 e. The highest BCUT2D eigenvalue weighted by Crippen LogP contribution is 2.42. The largest absolute Gasteiger partial charge is 0.496 e. The van der Waals surface area contributed by atoms with E-state index < -0.39 is 0 Å². The SMILES string of the molecule is COc1cc(C(Br)c2ccc(F)cc2I)c(OC)cc1Br. The van der Waals surface area contributed by atoms with Crippen LogP contribution in [0.2, 0.25) is 0 Å². The topological polar surface area (TPSA) is 18.5 Å². The van der Waals surface area contributed by atoms with E-state index in [1.54, 1.807) is 20.3 Å². The van der Waals surface area contributed by atoms with Crippen LogP contribution < -0.4 is 9.47 Å². The van der Waals surface area contributed by atoms with Gasteiger partial charge < -0.3 is 9.47 Å². The number of benzene rings is 2. The Labute approximate surface area is 153 Å². The standard InChI is InChI=1S/C15H12Br2FIO2/c1-20-13-7-11(16)14(21-2)6-10(13)15(17)9-4-3-8(18)5-12(9)19/h3-7,15H,1-2H3. The quantitative estimate of drug-likeness (QED) is 0.374. The lowest BCUT2D eigenvalue weighted by Crippen LogP contribution is -2.01. The summed E-state index contributed by atoms with van der Waals surface area (Å²) < 4.78 is 25.7. The van der Waals surface area contributed by atoms with Gasteiger partial charge in [-0.25, -0.2) is 4.39 Å². The second-order valence-corrected chi connectivity index (χ2v) is 7.19. The molecule has 0 aromatic heterocycles. The van der Waals surface area contributed by atoms with E-state index >= 15 is 0 Å². The number of hydrogen-bond acceptors (Lipinski definition) is 2. The van der Waals surface area contributed by atoms with Crippen LogP contribution in [0.15, 0.2) is 34.8 Å². The molecule has 112 valence electrons. The first-order valence-corrected chi connectivity index (χ1v) is 8.77. The Kier molecular flexibility index (Phi) is 5.90. The van der Waals surface area contributed by atoms with Crippen molar-refractivity contribution >= 4 is 54.5 Å². The predicted molar refractivity (Wildman–Crippen MR) is 97.1 cm³/mol. The van der Waals surface area contributed by atoms with Crippen molar-refractivity contribution in [3.05, 3.63) is 55.3 Å². The molecule has 0 saturated carbocycles. The van der Waals surface area contributed by atoms with Crippen LogP contribution in [0, 0.1) is 9.39 Å². The summed E-state index contributed by atoms with van der Waals surface area (Å²) in [4.78, 5) is -0.123. The Balaban J connectivity index is 2.53. The van der Waals surface area contributed by atoms with E-state index in [-0.39, 0.29) is 10.6 Å². The van der Waals surface area contributed by atoms with Crippen molar-refractivity contribution in [1.29, 1.82) is 0 Å². The molecule has 0 aliphatic rings. The first-order valence-electron chi connectivity index (χ1n) is 5.98. The van der Waals surface area contributed by atoms with Crippen LogP contribution in [-0.4, -0.2) is 14.2 Å². The number of halogens is 4. The minimum absolute atomic E-state index is 0.123. The molecule has 6 heteroatoms. The van der Waals surface area contributed by atoms with Crippen molar-refractivity contribution in [2.24, 2.45) is 0 Å². The Bertz CT molecular complexity index is 664. The van der Waals surface area contributed by atoms with Crippen LogP contribution >= 0.6 is 54.5 Å². The fraction of sp³-hybridized carbons (Fsp3) is 0.200. The molecule has 0 radical (unpaired) electrons. The molecule has 2 rings (SSSR count). The maximum atomic E-state index is 13.3. The van der Waals surface area contributed by atoms with E-state index in [0.29, 0.717) is 5.75 Å². The van der Waals surface area contributed by atoms with Gasteiger partial charge in [0.2, 0.25) is 0 Å². The summed E-state index contributed by atoms with van der Waals surface area (Å²) in [7, 11) is 3.23. The zero-order valence-electron chi connectivity index (χ0n) is 11.3. The Hall–Kier alpha value is -0.340. The van der Waals surface area contributed by atoms with Gasteiger partial charge in [0.25, 0.3) is 0 Å². The normalized spacial score (nSPS) is 12.1. The number of alkyl halides is 1. The van der Waals surface area contributed by atoms with Crippen LogP contribution in [0.4, 0.5) is 4.39 Å². The molecule has 2 aromatic carbocycles. The molecule has 2 nitrogen and oxygen atoms in total. The molecular weight excluding hydrogens is 518 g/mol. The minimum Gasteiger partial charge on any atom is -0.496 e. The second-order valence-electron chi connectivity index (χ2n) is 4.26. The van der Waals surface area contributed by atoms with Crippen molar-refractivity contribution < 1.29 is 13.9 Å². The number of ether oxygens (including phenoxy) is 2. The van der Waals surface area contributed by atoms with E-state index in [4.69, 9.17) is 9.47 Å². The van der Waals surface area contributed by atoms with Gasteiger partial charge in [-0.15, -0.1) is 0 Å². The number of hydrogen-bond donors (Lipinski definition) is 0. The molecule has 2 aromatic rings. The van der Waals surface area contributed by atoms with Gasteiger partial charge in [-0.3, -0.25) is 0 Å². The summed E-state index contributed by atoms with van der Waals surface area (Å²) in [6.07, 6.45) is 0. The summed E-state index contributed by atoms with van der Waals surface area (Å²) in [5, 5.41) is 0. The molecule has 0 amide bonds. The Morgan fingerprint density at radius 1 is 1.05 bits per heavy atom. The zero-order chi connectivity index (χ0) is 15.6.